The molecule has 0 spiro atoms. The number of nitrogens with zero attached hydrogens (tertiary/aromatic N) is 3. The molecular formula is C44H79N3O12. The third-order valence-electron chi connectivity index (χ3n) is 14.0. The molecule has 1 aliphatic carbocycles. The van der Waals surface area contributed by atoms with Crippen LogP contribution in [0.15, 0.2) is 10.2 Å². The van der Waals surface area contributed by atoms with Crippen LogP contribution in [-0.2, 0) is 38.0 Å². The lowest BCUT2D eigenvalue weighted by molar-refractivity contribution is -0.319. The first kappa shape index (κ1) is 50.0. The number of aliphatic hydroxyl groups excluding tert-OH is 3. The van der Waals surface area contributed by atoms with Gasteiger partial charge in [0.2, 0.25) is 0 Å². The predicted molar refractivity (Wildman–Crippen MR) is 224 cm³/mol. The molecule has 0 radical (unpaired) electrons. The lowest BCUT2D eigenvalue weighted by Crippen LogP contribution is -2.61. The van der Waals surface area contributed by atoms with Crippen molar-refractivity contribution >= 4 is 17.4 Å². The number of esters is 1. The molecule has 0 amide bonds. The van der Waals surface area contributed by atoms with Gasteiger partial charge in [0, 0.05) is 49.9 Å². The Balaban J connectivity index is 1.92. The van der Waals surface area contributed by atoms with Crippen LogP contribution in [0.5, 0.6) is 0 Å². The highest BCUT2D eigenvalue weighted by molar-refractivity contribution is 5.91. The van der Waals surface area contributed by atoms with Gasteiger partial charge in [-0.15, -0.1) is 0 Å². The summed E-state index contributed by atoms with van der Waals surface area (Å²) in [5.74, 6) is -3.41. The molecule has 15 nitrogen and oxygen atoms in total. The molecule has 18 atom stereocenters. The summed E-state index contributed by atoms with van der Waals surface area (Å²) in [5.41, 5.74) is -2.51. The zero-order chi connectivity index (χ0) is 44.2. The Morgan fingerprint density at radius 3 is 2.03 bits per heavy atom. The number of carbonyl (C=O) groups excluding carboxylic acids is 1. The maximum Gasteiger partial charge on any atom is 0.311 e. The van der Waals surface area contributed by atoms with E-state index in [-0.39, 0.29) is 30.9 Å². The molecule has 3 heterocycles. The van der Waals surface area contributed by atoms with Crippen LogP contribution in [0.4, 0.5) is 0 Å². The van der Waals surface area contributed by atoms with Crippen molar-refractivity contribution in [1.29, 1.82) is 0 Å². The van der Waals surface area contributed by atoms with E-state index in [1.807, 2.05) is 53.6 Å². The lowest BCUT2D eigenvalue weighted by Gasteiger charge is -2.50. The molecular weight excluding hydrogens is 762 g/mol. The molecule has 0 aromatic rings. The molecule has 0 aromatic carbocycles. The topological polar surface area (TPSA) is 191 Å². The average Bonchev–Trinajstić information content (AvgIpc) is 3.19. The van der Waals surface area contributed by atoms with Crippen LogP contribution in [-0.4, -0.2) is 155 Å². The quantitative estimate of drug-likeness (QED) is 0.186. The van der Waals surface area contributed by atoms with Crippen molar-refractivity contribution in [2.24, 2.45) is 33.9 Å². The molecule has 3 aliphatic heterocycles. The Kier molecular flexibility index (Phi) is 17.5. The Morgan fingerprint density at radius 1 is 0.831 bits per heavy atom. The van der Waals surface area contributed by atoms with E-state index in [0.29, 0.717) is 18.6 Å². The van der Waals surface area contributed by atoms with E-state index in [0.717, 1.165) is 37.8 Å². The summed E-state index contributed by atoms with van der Waals surface area (Å²) < 4.78 is 44.9. The summed E-state index contributed by atoms with van der Waals surface area (Å²) in [6.07, 6.45) is -3.10. The van der Waals surface area contributed by atoms with E-state index in [1.165, 1.54) is 14.0 Å². The number of carbonyl (C=O) groups is 1. The summed E-state index contributed by atoms with van der Waals surface area (Å²) in [6.45, 7) is 18.1. The number of methoxy groups -OCH3 is 2. The summed E-state index contributed by atoms with van der Waals surface area (Å²) >= 11 is 0. The van der Waals surface area contributed by atoms with Gasteiger partial charge in [-0.2, -0.15) is 10.2 Å². The number of likely N-dealkylation sites (N-methyl/N-ethyl adjacent to an activating group) is 1. The molecule has 0 bridgehead atoms. The maximum atomic E-state index is 14.5. The number of hydrogen-bond acceptors (Lipinski definition) is 15. The average molecular weight is 842 g/mol. The largest absolute Gasteiger partial charge is 0.459 e. The normalized spacial score (nSPS) is 46.8. The van der Waals surface area contributed by atoms with Crippen LogP contribution in [0.3, 0.4) is 0 Å². The second-order valence-electron chi connectivity index (χ2n) is 19.0. The van der Waals surface area contributed by atoms with Crippen LogP contribution in [0.25, 0.3) is 0 Å². The van der Waals surface area contributed by atoms with Gasteiger partial charge < -0.3 is 58.5 Å². The van der Waals surface area contributed by atoms with Gasteiger partial charge in [-0.3, -0.25) is 4.79 Å². The van der Waals surface area contributed by atoms with Crippen LogP contribution < -0.4 is 0 Å². The molecule has 3 saturated heterocycles. The molecule has 59 heavy (non-hydrogen) atoms. The molecule has 342 valence electrons. The van der Waals surface area contributed by atoms with Crippen LogP contribution in [0.1, 0.15) is 127 Å². The summed E-state index contributed by atoms with van der Waals surface area (Å²) in [5, 5.41) is 56.6. The molecule has 4 N–H and O–H groups in total. The fraction of sp³-hybridized carbons (Fsp3) is 0.932. The van der Waals surface area contributed by atoms with E-state index in [1.54, 1.807) is 34.8 Å². The van der Waals surface area contributed by atoms with Gasteiger partial charge in [0.05, 0.1) is 47.6 Å². The minimum absolute atomic E-state index is 0.148. The molecule has 0 aromatic heterocycles. The second-order valence-corrected chi connectivity index (χ2v) is 19.0. The number of ether oxygens (including phenoxy) is 7. The van der Waals surface area contributed by atoms with Crippen molar-refractivity contribution in [1.82, 2.24) is 4.90 Å². The Labute approximate surface area is 353 Å². The van der Waals surface area contributed by atoms with Gasteiger partial charge in [0.1, 0.15) is 23.9 Å². The molecule has 0 unspecified atom stereocenters. The highest BCUT2D eigenvalue weighted by atomic mass is 16.7. The van der Waals surface area contributed by atoms with E-state index in [9.17, 15) is 25.2 Å². The standard InChI is InChI=1S/C44H79N3O12/c1-15-32-44(10,52)37(49)26(4)34(46-45-30-19-17-16-18-20-30)24(2)22-43(9,54-14)39(59-41-35(48)31(47(11)12)21-25(3)55-41)27(5)36(28(6)40(51)57-32)58-33-23-42(8,53-13)38(50)29(7)56-33/h24-29,31-33,35-39,41,48-50,52H,15-23H2,1-14H3/b46-34+/t24-,25-,26+,27+,28-,29+,31+,32-,33+,35-,36+,37-,38+,39-,41-,42-,43-,44-/m1/s1. The molecule has 4 rings (SSSR count). The molecule has 4 fully saturated rings. The van der Waals surface area contributed by atoms with Crippen LogP contribution >= 0.6 is 0 Å². The second kappa shape index (κ2) is 20.7. The smallest absolute Gasteiger partial charge is 0.311 e. The monoisotopic (exact) mass is 842 g/mol. The van der Waals surface area contributed by atoms with Gasteiger partial charge in [0.25, 0.3) is 0 Å². The Bertz CT molecular complexity index is 1420. The third kappa shape index (κ3) is 11.3. The number of aliphatic hydroxyl groups is 4. The molecule has 1 saturated carbocycles. The summed E-state index contributed by atoms with van der Waals surface area (Å²) in [6, 6.07) is -0.264. The maximum absolute atomic E-state index is 14.5. The fourth-order valence-electron chi connectivity index (χ4n) is 9.97. The Morgan fingerprint density at radius 2 is 1.46 bits per heavy atom. The summed E-state index contributed by atoms with van der Waals surface area (Å²) in [7, 11) is 6.95. The zero-order valence-corrected chi connectivity index (χ0v) is 38.4. The molecule has 15 heteroatoms. The first-order chi connectivity index (χ1) is 27.5. The first-order valence-electron chi connectivity index (χ1n) is 22.0. The number of rotatable bonds is 9. The van der Waals surface area contributed by atoms with Crippen molar-refractivity contribution in [3.05, 3.63) is 0 Å². The predicted octanol–water partition coefficient (Wildman–Crippen LogP) is 4.63. The zero-order valence-electron chi connectivity index (χ0n) is 38.4. The van der Waals surface area contributed by atoms with Crippen molar-refractivity contribution in [3.63, 3.8) is 0 Å². The lowest BCUT2D eigenvalue weighted by atomic mass is 9.73. The van der Waals surface area contributed by atoms with Gasteiger partial charge in [-0.1, -0.05) is 34.1 Å². The Hall–Kier alpha value is -1.63. The fourth-order valence-corrected chi connectivity index (χ4v) is 9.97. The van der Waals surface area contributed by atoms with Gasteiger partial charge in [-0.25, -0.2) is 0 Å². The number of hydrogen-bond donors (Lipinski definition) is 4. The van der Waals surface area contributed by atoms with E-state index >= 15 is 0 Å². The van der Waals surface area contributed by atoms with E-state index in [2.05, 4.69) is 0 Å². The van der Waals surface area contributed by atoms with Crippen molar-refractivity contribution in [2.75, 3.05) is 28.3 Å². The van der Waals surface area contributed by atoms with Crippen molar-refractivity contribution < 1.29 is 58.4 Å². The number of cyclic esters (lactones) is 1. The molecule has 4 aliphatic rings. The van der Waals surface area contributed by atoms with E-state index < -0.39 is 95.8 Å². The minimum atomic E-state index is -1.88. The van der Waals surface area contributed by atoms with Crippen molar-refractivity contribution in [2.45, 2.75) is 211 Å². The highest BCUT2D eigenvalue weighted by Crippen LogP contribution is 2.42. The first-order valence-corrected chi connectivity index (χ1v) is 22.0. The van der Waals surface area contributed by atoms with Gasteiger partial charge in [-0.05, 0) is 107 Å². The van der Waals surface area contributed by atoms with Crippen molar-refractivity contribution in [3.8, 4) is 0 Å². The van der Waals surface area contributed by atoms with Gasteiger partial charge >= 0.3 is 5.97 Å². The third-order valence-corrected chi connectivity index (χ3v) is 14.0. The van der Waals surface area contributed by atoms with Gasteiger partial charge in [0.15, 0.2) is 12.6 Å². The minimum Gasteiger partial charge on any atom is -0.459 e. The highest BCUT2D eigenvalue weighted by Gasteiger charge is 2.54. The van der Waals surface area contributed by atoms with Crippen LogP contribution in [0, 0.1) is 23.7 Å². The summed E-state index contributed by atoms with van der Waals surface area (Å²) in [4.78, 5) is 16.4. The SMILES string of the molecule is CC[C@H]1OC(=O)[C@H](C)[C@@H](O[C@H]2C[C@@](C)(OC)[C@@H](O)[C@H](C)O2)[C@H](C)[C@@H](O[C@H]2O[C@H](C)C[C@H](N(C)C)[C@H]2O)[C@](C)(OC)C[C@@H](C)/C(=N\N=C2CCCCC2)[C@H](C)[C@@H](O)[C@]1(C)O. The van der Waals surface area contributed by atoms with Crippen LogP contribution in [0.2, 0.25) is 0 Å². The van der Waals surface area contributed by atoms with E-state index in [4.69, 9.17) is 43.4 Å².